The van der Waals surface area contributed by atoms with Gasteiger partial charge in [-0.1, -0.05) is 40.7 Å². The molecule has 0 amide bonds. The maximum absolute atomic E-state index is 13.7. The molecule has 2 saturated carbocycles. The molecule has 2 aliphatic carbocycles. The van der Waals surface area contributed by atoms with Crippen LogP contribution in [0.15, 0.2) is 12.7 Å². The van der Waals surface area contributed by atoms with Crippen molar-refractivity contribution >= 4 is 24.2 Å². The number of nitrogens with zero attached hydrogens (tertiary/aromatic N) is 1. The minimum atomic E-state index is -2.20. The molecular formula is C26H44ClNO7. The molecule has 8 nitrogen and oxygen atoms in total. The molecule has 9 heteroatoms. The molecular weight excluding hydrogens is 474 g/mol. The number of Topliss-reactive ketones (excluding diaryl/α,β-unsaturated/α-hetero) is 1. The summed E-state index contributed by atoms with van der Waals surface area (Å²) in [4.78, 5) is 28.7. The maximum atomic E-state index is 13.7. The molecule has 0 aromatic rings. The van der Waals surface area contributed by atoms with Gasteiger partial charge in [0.25, 0.3) is 0 Å². The summed E-state index contributed by atoms with van der Waals surface area (Å²) in [7, 11) is 0. The van der Waals surface area contributed by atoms with Gasteiger partial charge in [0.2, 0.25) is 0 Å². The highest BCUT2D eigenvalue weighted by Gasteiger charge is 2.81. The molecule has 1 heterocycles. The van der Waals surface area contributed by atoms with Crippen molar-refractivity contribution in [2.75, 3.05) is 19.6 Å². The first-order chi connectivity index (χ1) is 15.6. The molecule has 0 bridgehead atoms. The van der Waals surface area contributed by atoms with Crippen molar-refractivity contribution < 1.29 is 34.4 Å². The third kappa shape index (κ3) is 4.18. The van der Waals surface area contributed by atoms with Crippen LogP contribution in [0.25, 0.3) is 0 Å². The highest BCUT2D eigenvalue weighted by Crippen LogP contribution is 2.67. The molecule has 3 rings (SSSR count). The average molecular weight is 518 g/mol. The first-order valence-electron chi connectivity index (χ1n) is 12.4. The fourth-order valence-electron chi connectivity index (χ4n) is 7.22. The molecule has 3 fully saturated rings. The lowest BCUT2D eigenvalue weighted by atomic mass is 9.40. The summed E-state index contributed by atoms with van der Waals surface area (Å²) in [6.45, 7) is 17.8. The van der Waals surface area contributed by atoms with Gasteiger partial charge in [-0.15, -0.1) is 19.0 Å². The van der Waals surface area contributed by atoms with Gasteiger partial charge >= 0.3 is 5.97 Å². The molecule has 202 valence electrons. The molecule has 0 radical (unpaired) electrons. The van der Waals surface area contributed by atoms with Crippen LogP contribution in [0.2, 0.25) is 0 Å². The standard InChI is InChI=1S/C26H43NO7.ClH/c1-9-23(6)14-17(29)26(32)24(7)16(28)12-13-22(4,5)20(24)19(21(31)25(26,8)34-23)33-18(30)15-27(10-2)11-3;/h9,16,19-21,28,31-32H,1,10-15H2,2-8H3;1H/t16-,19?,20?,21?,23-,24?,25+,26-;/m0./s1. The summed E-state index contributed by atoms with van der Waals surface area (Å²) in [5.74, 6) is -1.72. The van der Waals surface area contributed by atoms with E-state index in [4.69, 9.17) is 9.47 Å². The quantitative estimate of drug-likeness (QED) is 0.363. The summed E-state index contributed by atoms with van der Waals surface area (Å²) in [6.07, 6.45) is -1.38. The summed E-state index contributed by atoms with van der Waals surface area (Å²) in [5.41, 5.74) is -7.15. The Balaban J connectivity index is 0.00000432. The van der Waals surface area contributed by atoms with E-state index in [1.165, 1.54) is 13.0 Å². The van der Waals surface area contributed by atoms with E-state index in [1.807, 2.05) is 32.6 Å². The van der Waals surface area contributed by atoms with Crippen LogP contribution in [0.4, 0.5) is 0 Å². The number of carbonyl (C=O) groups excluding carboxylic acids is 2. The van der Waals surface area contributed by atoms with Crippen LogP contribution in [-0.2, 0) is 19.1 Å². The minimum Gasteiger partial charge on any atom is -0.458 e. The lowest BCUT2D eigenvalue weighted by molar-refractivity contribution is -0.370. The number of aliphatic hydroxyl groups is 3. The van der Waals surface area contributed by atoms with E-state index in [0.717, 1.165) is 0 Å². The summed E-state index contributed by atoms with van der Waals surface area (Å²) in [5, 5.41) is 35.4. The third-order valence-electron chi connectivity index (χ3n) is 9.25. The molecule has 3 aliphatic rings. The Labute approximate surface area is 215 Å². The van der Waals surface area contributed by atoms with Gasteiger partial charge < -0.3 is 24.8 Å². The smallest absolute Gasteiger partial charge is 0.320 e. The van der Waals surface area contributed by atoms with E-state index in [-0.39, 0.29) is 25.4 Å². The van der Waals surface area contributed by atoms with Gasteiger partial charge in [-0.25, -0.2) is 0 Å². The molecule has 1 saturated heterocycles. The van der Waals surface area contributed by atoms with Crippen molar-refractivity contribution in [3.8, 4) is 0 Å². The molecule has 3 N–H and O–H groups in total. The van der Waals surface area contributed by atoms with Gasteiger partial charge in [-0.2, -0.15) is 0 Å². The fraction of sp³-hybridized carbons (Fsp3) is 0.846. The Kier molecular flexibility index (Phi) is 8.36. The van der Waals surface area contributed by atoms with Gasteiger partial charge in [0.1, 0.15) is 17.8 Å². The third-order valence-corrected chi connectivity index (χ3v) is 9.25. The fourth-order valence-corrected chi connectivity index (χ4v) is 7.22. The van der Waals surface area contributed by atoms with Crippen molar-refractivity contribution in [1.82, 2.24) is 4.90 Å². The molecule has 35 heavy (non-hydrogen) atoms. The predicted octanol–water partition coefficient (Wildman–Crippen LogP) is 2.26. The monoisotopic (exact) mass is 517 g/mol. The SMILES string of the molecule is C=C[C@@]1(C)CC(=O)[C@]2(O)C3(C)C(C(OC(=O)CN(CC)CC)C(O)[C@@]2(C)O1)C(C)(C)CC[C@@H]3O.Cl. The minimum absolute atomic E-state index is 0. The van der Waals surface area contributed by atoms with Gasteiger partial charge in [-0.05, 0) is 45.2 Å². The van der Waals surface area contributed by atoms with Crippen molar-refractivity contribution in [2.24, 2.45) is 16.7 Å². The molecule has 8 atom stereocenters. The second-order valence-electron chi connectivity index (χ2n) is 11.7. The first-order valence-corrected chi connectivity index (χ1v) is 12.4. The molecule has 0 spiro atoms. The van der Waals surface area contributed by atoms with Crippen molar-refractivity contribution in [1.29, 1.82) is 0 Å². The van der Waals surface area contributed by atoms with Crippen LogP contribution in [0.3, 0.4) is 0 Å². The van der Waals surface area contributed by atoms with Crippen LogP contribution >= 0.6 is 12.4 Å². The number of halogens is 1. The number of hydrogen-bond donors (Lipinski definition) is 3. The topological polar surface area (TPSA) is 117 Å². The van der Waals surface area contributed by atoms with Gasteiger partial charge in [0, 0.05) is 17.8 Å². The van der Waals surface area contributed by atoms with Crippen LogP contribution in [0.5, 0.6) is 0 Å². The summed E-state index contributed by atoms with van der Waals surface area (Å²) < 4.78 is 12.3. The Bertz CT molecular complexity index is 848. The number of fused-ring (bicyclic) bond motifs is 3. The largest absolute Gasteiger partial charge is 0.458 e. The molecule has 4 unspecified atom stereocenters. The first kappa shape index (κ1) is 30.2. The lowest BCUT2D eigenvalue weighted by Crippen LogP contribution is -2.86. The lowest BCUT2D eigenvalue weighted by Gasteiger charge is -2.71. The van der Waals surface area contributed by atoms with Gasteiger partial charge in [-0.3, -0.25) is 14.5 Å². The number of ketones is 1. The normalized spacial score (nSPS) is 44.6. The Morgan fingerprint density at radius 3 is 2.29 bits per heavy atom. The van der Waals surface area contributed by atoms with E-state index in [0.29, 0.717) is 25.9 Å². The highest BCUT2D eigenvalue weighted by molar-refractivity contribution is 5.92. The van der Waals surface area contributed by atoms with Gasteiger partial charge in [0.05, 0.1) is 18.2 Å². The zero-order valence-electron chi connectivity index (χ0n) is 22.2. The Morgan fingerprint density at radius 2 is 1.77 bits per heavy atom. The van der Waals surface area contributed by atoms with Crippen LogP contribution < -0.4 is 0 Å². The van der Waals surface area contributed by atoms with Crippen LogP contribution in [-0.4, -0.2) is 86.7 Å². The maximum Gasteiger partial charge on any atom is 0.320 e. The van der Waals surface area contributed by atoms with E-state index in [2.05, 4.69) is 6.58 Å². The number of likely N-dealkylation sites (N-methyl/N-ethyl adjacent to an activating group) is 1. The Morgan fingerprint density at radius 1 is 1.20 bits per heavy atom. The van der Waals surface area contributed by atoms with Gasteiger partial charge in [0.15, 0.2) is 11.4 Å². The number of hydrogen-bond acceptors (Lipinski definition) is 8. The van der Waals surface area contributed by atoms with Crippen molar-refractivity contribution in [3.05, 3.63) is 12.7 Å². The Hall–Kier alpha value is -1.03. The average Bonchev–Trinajstić information content (AvgIpc) is 2.76. The number of esters is 1. The predicted molar refractivity (Wildman–Crippen MR) is 134 cm³/mol. The van der Waals surface area contributed by atoms with Crippen LogP contribution in [0.1, 0.15) is 67.7 Å². The zero-order chi connectivity index (χ0) is 25.9. The number of ether oxygens (including phenoxy) is 2. The van der Waals surface area contributed by atoms with E-state index in [1.54, 1.807) is 13.8 Å². The zero-order valence-corrected chi connectivity index (χ0v) is 23.0. The van der Waals surface area contributed by atoms with Crippen LogP contribution in [0, 0.1) is 16.7 Å². The second-order valence-corrected chi connectivity index (χ2v) is 11.7. The number of carbonyl (C=O) groups is 2. The second kappa shape index (κ2) is 9.69. The highest BCUT2D eigenvalue weighted by atomic mass is 35.5. The summed E-state index contributed by atoms with van der Waals surface area (Å²) in [6, 6.07) is 0. The molecule has 1 aliphatic heterocycles. The molecule has 0 aromatic carbocycles. The van der Waals surface area contributed by atoms with E-state index < -0.39 is 63.6 Å². The number of aliphatic hydroxyl groups excluding tert-OH is 2. The van der Waals surface area contributed by atoms with E-state index >= 15 is 0 Å². The van der Waals surface area contributed by atoms with E-state index in [9.17, 15) is 24.9 Å². The molecule has 0 aromatic heterocycles. The summed E-state index contributed by atoms with van der Waals surface area (Å²) >= 11 is 0. The van der Waals surface area contributed by atoms with Crippen molar-refractivity contribution in [2.45, 2.75) is 103 Å². The number of rotatable bonds is 6. The van der Waals surface area contributed by atoms with Crippen molar-refractivity contribution in [3.63, 3.8) is 0 Å².